The summed E-state index contributed by atoms with van der Waals surface area (Å²) in [6.07, 6.45) is 3.49. The second-order valence-electron chi connectivity index (χ2n) is 2.35. The highest BCUT2D eigenvalue weighted by Crippen LogP contribution is 2.11. The fourth-order valence-electron chi connectivity index (χ4n) is 1.07. The van der Waals surface area contributed by atoms with Gasteiger partial charge in [0.15, 0.2) is 5.78 Å². The van der Waals surface area contributed by atoms with E-state index in [1.807, 2.05) is 0 Å². The molecule has 0 heterocycles. The van der Waals surface area contributed by atoms with Gasteiger partial charge in [-0.05, 0) is 19.3 Å². The van der Waals surface area contributed by atoms with Gasteiger partial charge in [0, 0.05) is 6.42 Å². The first kappa shape index (κ1) is 7.25. The predicted octanol–water partition coefficient (Wildman–Crippen LogP) is 1.13. The molecule has 0 aromatic rings. The molecule has 0 spiro atoms. The Bertz CT molecular complexity index is 163. The summed E-state index contributed by atoms with van der Waals surface area (Å²) in [5, 5.41) is 3.63. The van der Waals surface area contributed by atoms with Crippen molar-refractivity contribution in [2.75, 3.05) is 7.11 Å². The molecule has 1 aliphatic rings. The third-order valence-corrected chi connectivity index (χ3v) is 1.59. The summed E-state index contributed by atoms with van der Waals surface area (Å²) in [5.74, 6) is 0.146. The Morgan fingerprint density at radius 2 is 2.10 bits per heavy atom. The van der Waals surface area contributed by atoms with Crippen LogP contribution in [0.1, 0.15) is 25.7 Å². The largest absolute Gasteiger partial charge is 0.399 e. The molecule has 0 atom stereocenters. The van der Waals surface area contributed by atoms with E-state index < -0.39 is 0 Å². The molecular weight excluding hydrogens is 130 g/mol. The molecule has 0 unspecified atom stereocenters. The third kappa shape index (κ3) is 1.56. The zero-order valence-electron chi connectivity index (χ0n) is 6.09. The summed E-state index contributed by atoms with van der Waals surface area (Å²) in [6.45, 7) is 0. The van der Waals surface area contributed by atoms with Crippen LogP contribution >= 0.6 is 0 Å². The SMILES string of the molecule is CO/N=C1/CCCCC1=O. The molecule has 3 nitrogen and oxygen atoms in total. The number of carbonyl (C=O) groups is 1. The van der Waals surface area contributed by atoms with Crippen LogP contribution < -0.4 is 0 Å². The standard InChI is InChI=1S/C7H11NO2/c1-10-8-6-4-2-3-5-7(6)9/h2-5H2,1H3/b8-6-. The average molecular weight is 141 g/mol. The third-order valence-electron chi connectivity index (χ3n) is 1.59. The molecule has 10 heavy (non-hydrogen) atoms. The Balaban J connectivity index is 2.56. The molecule has 0 radical (unpaired) electrons. The van der Waals surface area contributed by atoms with E-state index in [2.05, 4.69) is 9.99 Å². The van der Waals surface area contributed by atoms with Gasteiger partial charge in [0.2, 0.25) is 0 Å². The zero-order valence-corrected chi connectivity index (χ0v) is 6.09. The Kier molecular flexibility index (Phi) is 2.42. The highest BCUT2D eigenvalue weighted by molar-refractivity contribution is 6.40. The van der Waals surface area contributed by atoms with E-state index in [4.69, 9.17) is 0 Å². The molecule has 1 aliphatic carbocycles. The van der Waals surface area contributed by atoms with Crippen LogP contribution in [-0.2, 0) is 9.63 Å². The predicted molar refractivity (Wildman–Crippen MR) is 37.9 cm³/mol. The van der Waals surface area contributed by atoms with Crippen molar-refractivity contribution in [1.82, 2.24) is 0 Å². The fourth-order valence-corrected chi connectivity index (χ4v) is 1.07. The zero-order chi connectivity index (χ0) is 7.40. The number of hydrogen-bond donors (Lipinski definition) is 0. The summed E-state index contributed by atoms with van der Waals surface area (Å²) < 4.78 is 0. The number of oxime groups is 1. The smallest absolute Gasteiger partial charge is 0.180 e. The normalized spacial score (nSPS) is 23.3. The molecule has 0 saturated heterocycles. The van der Waals surface area contributed by atoms with E-state index in [9.17, 15) is 4.79 Å². The molecule has 1 saturated carbocycles. The van der Waals surface area contributed by atoms with Gasteiger partial charge in [-0.3, -0.25) is 4.79 Å². The molecule has 0 aliphatic heterocycles. The van der Waals surface area contributed by atoms with Gasteiger partial charge >= 0.3 is 0 Å². The highest BCUT2D eigenvalue weighted by Gasteiger charge is 2.16. The molecule has 1 fully saturated rings. The minimum absolute atomic E-state index is 0.146. The van der Waals surface area contributed by atoms with Gasteiger partial charge in [-0.1, -0.05) is 5.16 Å². The Hall–Kier alpha value is -0.860. The van der Waals surface area contributed by atoms with E-state index in [-0.39, 0.29) is 5.78 Å². The van der Waals surface area contributed by atoms with Gasteiger partial charge in [-0.2, -0.15) is 0 Å². The van der Waals surface area contributed by atoms with Crippen molar-refractivity contribution in [3.63, 3.8) is 0 Å². The molecule has 0 aromatic heterocycles. The van der Waals surface area contributed by atoms with Crippen LogP contribution in [0.15, 0.2) is 5.16 Å². The van der Waals surface area contributed by atoms with Crippen molar-refractivity contribution >= 4 is 11.5 Å². The summed E-state index contributed by atoms with van der Waals surface area (Å²) in [5.41, 5.74) is 0.605. The Labute approximate surface area is 60.0 Å². The van der Waals surface area contributed by atoms with Crippen molar-refractivity contribution in [2.45, 2.75) is 25.7 Å². The number of nitrogens with zero attached hydrogens (tertiary/aromatic N) is 1. The highest BCUT2D eigenvalue weighted by atomic mass is 16.6. The number of rotatable bonds is 1. The fraction of sp³-hybridized carbons (Fsp3) is 0.714. The first-order chi connectivity index (χ1) is 4.84. The molecular formula is C7H11NO2. The first-order valence-electron chi connectivity index (χ1n) is 3.48. The van der Waals surface area contributed by atoms with E-state index in [1.165, 1.54) is 7.11 Å². The Morgan fingerprint density at radius 1 is 1.40 bits per heavy atom. The number of ketones is 1. The van der Waals surface area contributed by atoms with Crippen LogP contribution in [0.2, 0.25) is 0 Å². The van der Waals surface area contributed by atoms with Gasteiger partial charge in [-0.15, -0.1) is 0 Å². The summed E-state index contributed by atoms with van der Waals surface area (Å²) in [4.78, 5) is 15.5. The topological polar surface area (TPSA) is 38.7 Å². The van der Waals surface area contributed by atoms with Crippen molar-refractivity contribution in [1.29, 1.82) is 0 Å². The molecule has 0 amide bonds. The molecule has 1 rings (SSSR count). The van der Waals surface area contributed by atoms with Crippen LogP contribution in [0, 0.1) is 0 Å². The van der Waals surface area contributed by atoms with Crippen LogP contribution in [0.5, 0.6) is 0 Å². The van der Waals surface area contributed by atoms with Gasteiger partial charge < -0.3 is 4.84 Å². The van der Waals surface area contributed by atoms with Crippen molar-refractivity contribution in [2.24, 2.45) is 5.16 Å². The maximum absolute atomic E-state index is 11.0. The minimum atomic E-state index is 0.146. The van der Waals surface area contributed by atoms with Crippen molar-refractivity contribution < 1.29 is 9.63 Å². The number of carbonyl (C=O) groups excluding carboxylic acids is 1. The lowest BCUT2D eigenvalue weighted by molar-refractivity contribution is -0.113. The van der Waals surface area contributed by atoms with E-state index in [1.54, 1.807) is 0 Å². The monoisotopic (exact) mass is 141 g/mol. The molecule has 0 bridgehead atoms. The van der Waals surface area contributed by atoms with E-state index in [0.717, 1.165) is 19.3 Å². The summed E-state index contributed by atoms with van der Waals surface area (Å²) in [6, 6.07) is 0. The van der Waals surface area contributed by atoms with Gasteiger partial charge in [-0.25, -0.2) is 0 Å². The summed E-state index contributed by atoms with van der Waals surface area (Å²) >= 11 is 0. The van der Waals surface area contributed by atoms with Gasteiger partial charge in [0.05, 0.1) is 0 Å². The van der Waals surface area contributed by atoms with Gasteiger partial charge in [0.1, 0.15) is 12.8 Å². The maximum Gasteiger partial charge on any atom is 0.180 e. The second-order valence-corrected chi connectivity index (χ2v) is 2.35. The van der Waals surface area contributed by atoms with Crippen molar-refractivity contribution in [3.05, 3.63) is 0 Å². The van der Waals surface area contributed by atoms with Crippen LogP contribution in [0.25, 0.3) is 0 Å². The van der Waals surface area contributed by atoms with Crippen LogP contribution in [-0.4, -0.2) is 18.6 Å². The molecule has 0 aromatic carbocycles. The quantitative estimate of drug-likeness (QED) is 0.513. The lowest BCUT2D eigenvalue weighted by Crippen LogP contribution is -2.18. The maximum atomic E-state index is 11.0. The second kappa shape index (κ2) is 3.34. The molecule has 0 N–H and O–H groups in total. The van der Waals surface area contributed by atoms with Crippen LogP contribution in [0.3, 0.4) is 0 Å². The first-order valence-corrected chi connectivity index (χ1v) is 3.48. The molecule has 56 valence electrons. The minimum Gasteiger partial charge on any atom is -0.399 e. The lowest BCUT2D eigenvalue weighted by Gasteiger charge is -2.09. The van der Waals surface area contributed by atoms with Gasteiger partial charge in [0.25, 0.3) is 0 Å². The molecule has 3 heteroatoms. The van der Waals surface area contributed by atoms with Crippen LogP contribution in [0.4, 0.5) is 0 Å². The van der Waals surface area contributed by atoms with E-state index >= 15 is 0 Å². The number of hydrogen-bond acceptors (Lipinski definition) is 3. The summed E-state index contributed by atoms with van der Waals surface area (Å²) in [7, 11) is 1.47. The lowest BCUT2D eigenvalue weighted by atomic mass is 9.97. The Morgan fingerprint density at radius 3 is 2.70 bits per heavy atom. The number of Topliss-reactive ketones (excluding diaryl/α,β-unsaturated/α-hetero) is 1. The van der Waals surface area contributed by atoms with Crippen molar-refractivity contribution in [3.8, 4) is 0 Å². The van der Waals surface area contributed by atoms with E-state index in [0.29, 0.717) is 12.1 Å². The average Bonchev–Trinajstić information content (AvgIpc) is 1.94.